The predicted octanol–water partition coefficient (Wildman–Crippen LogP) is 4.63. The third-order valence-corrected chi connectivity index (χ3v) is 7.12. The van der Waals surface area contributed by atoms with E-state index in [2.05, 4.69) is 39.6 Å². The highest BCUT2D eigenvalue weighted by atomic mass is 32.1. The molecule has 0 unspecified atom stereocenters. The Morgan fingerprint density at radius 3 is 2.38 bits per heavy atom. The van der Waals surface area contributed by atoms with Crippen molar-refractivity contribution in [3.05, 3.63) is 74.9 Å². The van der Waals surface area contributed by atoms with Crippen molar-refractivity contribution in [2.75, 3.05) is 31.1 Å². The number of anilines is 1. The van der Waals surface area contributed by atoms with Crippen LogP contribution in [0.25, 0.3) is 0 Å². The molecular weight excluding hydrogens is 405 g/mol. The van der Waals surface area contributed by atoms with E-state index in [0.29, 0.717) is 5.69 Å². The fourth-order valence-electron chi connectivity index (χ4n) is 3.92. The molecule has 2 atom stereocenters. The Morgan fingerprint density at radius 2 is 1.72 bits per heavy atom. The highest BCUT2D eigenvalue weighted by Gasteiger charge is 2.31. The largest absolute Gasteiger partial charge is 0.367 e. The average molecular weight is 430 g/mol. The van der Waals surface area contributed by atoms with Crippen molar-refractivity contribution in [1.29, 1.82) is 0 Å². The van der Waals surface area contributed by atoms with E-state index in [1.807, 2.05) is 29.6 Å². The smallest absolute Gasteiger partial charge is 0.261 e. The summed E-state index contributed by atoms with van der Waals surface area (Å²) in [5.41, 5.74) is 0.666. The van der Waals surface area contributed by atoms with Gasteiger partial charge >= 0.3 is 0 Å². The number of benzene rings is 1. The molecular formula is C22H24FN3OS2. The Hall–Kier alpha value is -2.22. The van der Waals surface area contributed by atoms with Gasteiger partial charge in [-0.1, -0.05) is 24.3 Å². The zero-order chi connectivity index (χ0) is 20.2. The van der Waals surface area contributed by atoms with Gasteiger partial charge in [-0.3, -0.25) is 9.69 Å². The van der Waals surface area contributed by atoms with Crippen LogP contribution in [0, 0.1) is 5.82 Å². The summed E-state index contributed by atoms with van der Waals surface area (Å²) >= 11 is 3.17. The van der Waals surface area contributed by atoms with Gasteiger partial charge in [0.1, 0.15) is 5.82 Å². The van der Waals surface area contributed by atoms with Crippen LogP contribution in [0.5, 0.6) is 0 Å². The molecule has 2 aromatic heterocycles. The number of carbonyl (C=O) groups is 1. The zero-order valence-electron chi connectivity index (χ0n) is 16.3. The molecule has 4 nitrogen and oxygen atoms in total. The number of carbonyl (C=O) groups excluding carboxylic acids is 1. The van der Waals surface area contributed by atoms with E-state index in [-0.39, 0.29) is 23.8 Å². The molecule has 4 rings (SSSR count). The number of rotatable bonds is 6. The molecule has 3 heterocycles. The molecule has 0 spiro atoms. The van der Waals surface area contributed by atoms with Crippen molar-refractivity contribution >= 4 is 34.3 Å². The number of halogens is 1. The summed E-state index contributed by atoms with van der Waals surface area (Å²) in [6, 6.07) is 14.9. The monoisotopic (exact) mass is 429 g/mol. The molecule has 0 radical (unpaired) electrons. The van der Waals surface area contributed by atoms with E-state index in [1.165, 1.54) is 22.3 Å². The summed E-state index contributed by atoms with van der Waals surface area (Å²) in [6.45, 7) is 5.22. The van der Waals surface area contributed by atoms with Crippen molar-refractivity contribution < 1.29 is 9.18 Å². The lowest BCUT2D eigenvalue weighted by Crippen LogP contribution is -2.52. The predicted molar refractivity (Wildman–Crippen MR) is 118 cm³/mol. The topological polar surface area (TPSA) is 35.6 Å². The third kappa shape index (κ3) is 4.52. The SMILES string of the molecule is C[C@@H](NC(=O)c1cccs1)[C@H](c1cccs1)N1CCN(c2ccccc2F)CC1. The van der Waals surface area contributed by atoms with Crippen LogP contribution >= 0.6 is 22.7 Å². The molecule has 3 aromatic rings. The highest BCUT2D eigenvalue weighted by Crippen LogP contribution is 2.31. The van der Waals surface area contributed by atoms with E-state index >= 15 is 0 Å². The standard InChI is InChI=1S/C22H24FN3OS2/c1-16(24-22(27)20-9-5-15-29-20)21(19-8-4-14-28-19)26-12-10-25(11-13-26)18-7-3-2-6-17(18)23/h2-9,14-16,21H,10-13H2,1H3,(H,24,27)/t16-,21-/m1/s1. The molecule has 1 saturated heterocycles. The second-order valence-electron chi connectivity index (χ2n) is 7.17. The van der Waals surface area contributed by atoms with Crippen LogP contribution in [0.1, 0.15) is 27.5 Å². The van der Waals surface area contributed by atoms with Gasteiger partial charge in [0.25, 0.3) is 5.91 Å². The molecule has 7 heteroatoms. The second kappa shape index (κ2) is 9.07. The van der Waals surface area contributed by atoms with Crippen molar-refractivity contribution in [1.82, 2.24) is 10.2 Å². The molecule has 1 aliphatic rings. The maximum absolute atomic E-state index is 14.2. The van der Waals surface area contributed by atoms with E-state index < -0.39 is 0 Å². The van der Waals surface area contributed by atoms with Gasteiger partial charge < -0.3 is 10.2 Å². The summed E-state index contributed by atoms with van der Waals surface area (Å²) in [5, 5.41) is 7.17. The van der Waals surface area contributed by atoms with Gasteiger partial charge in [0.05, 0.1) is 16.6 Å². The maximum atomic E-state index is 14.2. The molecule has 1 aliphatic heterocycles. The van der Waals surface area contributed by atoms with Crippen molar-refractivity contribution in [3.8, 4) is 0 Å². The van der Waals surface area contributed by atoms with Gasteiger partial charge in [0.2, 0.25) is 0 Å². The first-order chi connectivity index (χ1) is 14.1. The Labute approximate surface area is 178 Å². The van der Waals surface area contributed by atoms with Gasteiger partial charge in [-0.25, -0.2) is 4.39 Å². The Kier molecular flexibility index (Phi) is 6.28. The Morgan fingerprint density at radius 1 is 1.00 bits per heavy atom. The minimum Gasteiger partial charge on any atom is -0.367 e. The van der Waals surface area contributed by atoms with Crippen LogP contribution in [0.15, 0.2) is 59.3 Å². The van der Waals surface area contributed by atoms with Gasteiger partial charge in [0.15, 0.2) is 0 Å². The summed E-state index contributed by atoms with van der Waals surface area (Å²) < 4.78 is 14.2. The minimum atomic E-state index is -0.174. The molecule has 29 heavy (non-hydrogen) atoms. The van der Waals surface area contributed by atoms with Crippen molar-refractivity contribution in [3.63, 3.8) is 0 Å². The number of piperazine rings is 1. The van der Waals surface area contributed by atoms with E-state index in [1.54, 1.807) is 17.4 Å². The van der Waals surface area contributed by atoms with Crippen molar-refractivity contribution in [2.24, 2.45) is 0 Å². The molecule has 1 fully saturated rings. The second-order valence-corrected chi connectivity index (χ2v) is 9.10. The number of hydrogen-bond acceptors (Lipinski definition) is 5. The van der Waals surface area contributed by atoms with Crippen LogP contribution < -0.4 is 10.2 Å². The Balaban J connectivity index is 1.47. The zero-order valence-corrected chi connectivity index (χ0v) is 17.9. The molecule has 152 valence electrons. The van der Waals surface area contributed by atoms with E-state index in [4.69, 9.17) is 0 Å². The van der Waals surface area contributed by atoms with Crippen LogP contribution in [-0.2, 0) is 0 Å². The quantitative estimate of drug-likeness (QED) is 0.621. The molecule has 1 amide bonds. The van der Waals surface area contributed by atoms with Gasteiger partial charge in [-0.15, -0.1) is 22.7 Å². The number of thiophene rings is 2. The molecule has 1 N–H and O–H groups in total. The van der Waals surface area contributed by atoms with E-state index in [9.17, 15) is 9.18 Å². The lowest BCUT2D eigenvalue weighted by molar-refractivity contribution is 0.0894. The summed E-state index contributed by atoms with van der Waals surface area (Å²) in [4.78, 5) is 19.1. The maximum Gasteiger partial charge on any atom is 0.261 e. The number of para-hydroxylation sites is 1. The number of nitrogens with one attached hydrogen (secondary N) is 1. The summed E-state index contributed by atoms with van der Waals surface area (Å²) in [6.07, 6.45) is 0. The first kappa shape index (κ1) is 20.1. The van der Waals surface area contributed by atoms with Gasteiger partial charge in [0, 0.05) is 37.1 Å². The fourth-order valence-corrected chi connectivity index (χ4v) is 5.51. The lowest BCUT2D eigenvalue weighted by atomic mass is 10.0. The molecule has 0 aliphatic carbocycles. The van der Waals surface area contributed by atoms with Gasteiger partial charge in [-0.05, 0) is 41.9 Å². The van der Waals surface area contributed by atoms with Crippen LogP contribution in [0.4, 0.5) is 10.1 Å². The third-order valence-electron chi connectivity index (χ3n) is 5.31. The van der Waals surface area contributed by atoms with Gasteiger partial charge in [-0.2, -0.15) is 0 Å². The van der Waals surface area contributed by atoms with E-state index in [0.717, 1.165) is 31.1 Å². The summed E-state index contributed by atoms with van der Waals surface area (Å²) in [7, 11) is 0. The molecule has 0 bridgehead atoms. The molecule has 1 aromatic carbocycles. The first-order valence-corrected chi connectivity index (χ1v) is 11.5. The first-order valence-electron chi connectivity index (χ1n) is 9.75. The van der Waals surface area contributed by atoms with Crippen molar-refractivity contribution in [2.45, 2.75) is 19.0 Å². The molecule has 0 saturated carbocycles. The fraction of sp³-hybridized carbons (Fsp3) is 0.318. The van der Waals surface area contributed by atoms with Crippen LogP contribution in [-0.4, -0.2) is 43.0 Å². The number of hydrogen-bond donors (Lipinski definition) is 1. The average Bonchev–Trinajstić information content (AvgIpc) is 3.44. The normalized spacial score (nSPS) is 17.1. The number of nitrogens with zero attached hydrogens (tertiary/aromatic N) is 2. The highest BCUT2D eigenvalue weighted by molar-refractivity contribution is 7.12. The summed E-state index contributed by atoms with van der Waals surface area (Å²) in [5.74, 6) is -0.202. The van der Waals surface area contributed by atoms with Crippen LogP contribution in [0.3, 0.4) is 0 Å². The lowest BCUT2D eigenvalue weighted by Gasteiger charge is -2.42. The van der Waals surface area contributed by atoms with Crippen LogP contribution in [0.2, 0.25) is 0 Å². The number of amides is 1. The minimum absolute atomic E-state index is 0.0287. The Bertz CT molecular complexity index is 921.